The lowest BCUT2D eigenvalue weighted by molar-refractivity contribution is -0.123. The highest BCUT2D eigenvalue weighted by atomic mass is 19.1. The lowest BCUT2D eigenvalue weighted by atomic mass is 9.87. The van der Waals surface area contributed by atoms with Crippen LogP contribution < -0.4 is 10.6 Å². The van der Waals surface area contributed by atoms with Gasteiger partial charge in [-0.2, -0.15) is 0 Å². The van der Waals surface area contributed by atoms with Crippen LogP contribution in [0.1, 0.15) is 32.1 Å². The molecule has 3 nitrogen and oxygen atoms in total. The number of hydrogen-bond acceptors (Lipinski definition) is 2. The predicted molar refractivity (Wildman–Crippen MR) is 81.4 cm³/mol. The maximum Gasteiger partial charge on any atom is 0.230 e. The van der Waals surface area contributed by atoms with Crippen LogP contribution in [0.15, 0.2) is 24.3 Å². The third-order valence-electron chi connectivity index (χ3n) is 5.05. The fraction of sp³-hybridized carbons (Fsp3) is 0.588. The average molecular weight is 290 g/mol. The molecule has 3 rings (SSSR count). The van der Waals surface area contributed by atoms with Crippen molar-refractivity contribution in [1.29, 1.82) is 0 Å². The minimum atomic E-state index is -0.328. The number of carbonyl (C=O) groups excluding carboxylic acids is 1. The molecule has 2 N–H and O–H groups in total. The number of para-hydroxylation sites is 1. The number of halogens is 1. The zero-order chi connectivity index (χ0) is 14.8. The molecule has 21 heavy (non-hydrogen) atoms. The van der Waals surface area contributed by atoms with Crippen molar-refractivity contribution in [3.05, 3.63) is 30.1 Å². The van der Waals surface area contributed by atoms with Crippen LogP contribution in [-0.4, -0.2) is 19.0 Å². The number of carbonyl (C=O) groups is 1. The molecule has 2 aliphatic carbocycles. The smallest absolute Gasteiger partial charge is 0.230 e. The van der Waals surface area contributed by atoms with Gasteiger partial charge in [-0.05, 0) is 56.2 Å². The van der Waals surface area contributed by atoms with E-state index in [0.29, 0.717) is 37.0 Å². The van der Waals surface area contributed by atoms with E-state index in [-0.39, 0.29) is 17.6 Å². The third kappa shape index (κ3) is 2.82. The van der Waals surface area contributed by atoms with Crippen LogP contribution in [-0.2, 0) is 4.79 Å². The summed E-state index contributed by atoms with van der Waals surface area (Å²) in [6.07, 6.45) is 5.27. The molecule has 114 valence electrons. The normalized spacial score (nSPS) is 27.0. The maximum atomic E-state index is 14.1. The number of benzene rings is 1. The van der Waals surface area contributed by atoms with Crippen molar-refractivity contribution < 1.29 is 9.18 Å². The summed E-state index contributed by atoms with van der Waals surface area (Å²) in [5.41, 5.74) is 5.98. The van der Waals surface area contributed by atoms with E-state index in [0.717, 1.165) is 12.8 Å². The van der Waals surface area contributed by atoms with Crippen molar-refractivity contribution in [3.8, 4) is 0 Å². The summed E-state index contributed by atoms with van der Waals surface area (Å²) in [5, 5.41) is 0. The molecule has 3 atom stereocenters. The quantitative estimate of drug-likeness (QED) is 0.906. The van der Waals surface area contributed by atoms with Gasteiger partial charge in [0.05, 0.1) is 5.69 Å². The minimum absolute atomic E-state index is 0.0844. The molecule has 3 unspecified atom stereocenters. The predicted octanol–water partition coefficient (Wildman–Crippen LogP) is 2.94. The topological polar surface area (TPSA) is 46.3 Å². The van der Waals surface area contributed by atoms with Gasteiger partial charge in [0.1, 0.15) is 5.82 Å². The number of anilines is 1. The van der Waals surface area contributed by atoms with Gasteiger partial charge in [0, 0.05) is 12.5 Å². The molecule has 0 aliphatic heterocycles. The molecule has 0 saturated heterocycles. The first-order valence-electron chi connectivity index (χ1n) is 7.96. The van der Waals surface area contributed by atoms with E-state index in [4.69, 9.17) is 5.73 Å². The van der Waals surface area contributed by atoms with Gasteiger partial charge >= 0.3 is 0 Å². The Kier molecular flexibility index (Phi) is 4.24. The first-order chi connectivity index (χ1) is 10.2. The summed E-state index contributed by atoms with van der Waals surface area (Å²) >= 11 is 0. The number of nitrogens with zero attached hydrogens (tertiary/aromatic N) is 1. The molecule has 2 saturated carbocycles. The highest BCUT2D eigenvalue weighted by Gasteiger charge is 2.44. The Balaban J connectivity index is 1.82. The van der Waals surface area contributed by atoms with Crippen molar-refractivity contribution in [2.75, 3.05) is 18.0 Å². The van der Waals surface area contributed by atoms with Crippen LogP contribution >= 0.6 is 0 Å². The molecule has 0 aromatic heterocycles. The summed E-state index contributed by atoms with van der Waals surface area (Å²) in [6.45, 7) is 1.01. The van der Waals surface area contributed by atoms with E-state index < -0.39 is 0 Å². The van der Waals surface area contributed by atoms with Gasteiger partial charge in [-0.3, -0.25) is 4.79 Å². The van der Waals surface area contributed by atoms with E-state index in [2.05, 4.69) is 0 Å². The second kappa shape index (κ2) is 6.14. The van der Waals surface area contributed by atoms with Gasteiger partial charge in [0.15, 0.2) is 0 Å². The molecule has 1 aromatic carbocycles. The van der Waals surface area contributed by atoms with E-state index >= 15 is 0 Å². The summed E-state index contributed by atoms with van der Waals surface area (Å²) in [4.78, 5) is 14.5. The Hall–Kier alpha value is -1.42. The third-order valence-corrected chi connectivity index (χ3v) is 5.05. The van der Waals surface area contributed by atoms with Gasteiger partial charge in [0.2, 0.25) is 5.91 Å². The lowest BCUT2D eigenvalue weighted by Crippen LogP contribution is -2.40. The molecule has 0 heterocycles. The Morgan fingerprint density at radius 3 is 2.71 bits per heavy atom. The summed E-state index contributed by atoms with van der Waals surface area (Å²) in [7, 11) is 0. The first kappa shape index (κ1) is 14.5. The Bertz CT molecular complexity index is 519. The van der Waals surface area contributed by atoms with Crippen LogP contribution in [0.3, 0.4) is 0 Å². The van der Waals surface area contributed by atoms with Crippen LogP contribution in [0.4, 0.5) is 10.1 Å². The van der Waals surface area contributed by atoms with Gasteiger partial charge in [-0.25, -0.2) is 4.39 Å². The fourth-order valence-corrected chi connectivity index (χ4v) is 4.02. The van der Waals surface area contributed by atoms with E-state index in [9.17, 15) is 9.18 Å². The minimum Gasteiger partial charge on any atom is -0.330 e. The standard InChI is InChI=1S/C17H23FN2O/c18-15-4-1-2-5-16(15)20(9-3-8-19)17(21)14-11-12-6-7-13(14)10-12/h1-2,4-5,12-14H,3,6-11,19H2. The molecule has 2 bridgehead atoms. The van der Waals surface area contributed by atoms with Gasteiger partial charge in [0.25, 0.3) is 0 Å². The number of nitrogens with two attached hydrogens (primary N) is 1. The zero-order valence-electron chi connectivity index (χ0n) is 12.3. The number of rotatable bonds is 5. The van der Waals surface area contributed by atoms with Crippen LogP contribution in [0.25, 0.3) is 0 Å². The Morgan fingerprint density at radius 2 is 2.10 bits per heavy atom. The van der Waals surface area contributed by atoms with Crippen LogP contribution in [0, 0.1) is 23.6 Å². The van der Waals surface area contributed by atoms with Crippen molar-refractivity contribution in [2.24, 2.45) is 23.5 Å². The van der Waals surface area contributed by atoms with Crippen LogP contribution in [0.2, 0.25) is 0 Å². The van der Waals surface area contributed by atoms with Crippen molar-refractivity contribution in [3.63, 3.8) is 0 Å². The molecule has 1 amide bonds. The zero-order valence-corrected chi connectivity index (χ0v) is 12.3. The molecule has 0 spiro atoms. The number of hydrogen-bond donors (Lipinski definition) is 1. The van der Waals surface area contributed by atoms with Gasteiger partial charge < -0.3 is 10.6 Å². The highest BCUT2D eigenvalue weighted by Crippen LogP contribution is 2.49. The second-order valence-corrected chi connectivity index (χ2v) is 6.36. The average Bonchev–Trinajstić information content (AvgIpc) is 3.12. The number of amides is 1. The molecule has 2 aliphatic rings. The molecule has 0 radical (unpaired) electrons. The number of fused-ring (bicyclic) bond motifs is 2. The molecular weight excluding hydrogens is 267 g/mol. The monoisotopic (exact) mass is 290 g/mol. The Labute approximate surface area is 125 Å². The van der Waals surface area contributed by atoms with Gasteiger partial charge in [-0.1, -0.05) is 18.6 Å². The highest BCUT2D eigenvalue weighted by molar-refractivity contribution is 5.95. The van der Waals surface area contributed by atoms with Crippen molar-refractivity contribution in [2.45, 2.75) is 32.1 Å². The molecular formula is C17H23FN2O. The Morgan fingerprint density at radius 1 is 1.29 bits per heavy atom. The summed E-state index contributed by atoms with van der Waals surface area (Å²) in [6, 6.07) is 6.54. The maximum absolute atomic E-state index is 14.1. The summed E-state index contributed by atoms with van der Waals surface area (Å²) in [5.74, 6) is 1.07. The SMILES string of the molecule is NCCCN(C(=O)C1CC2CCC1C2)c1ccccc1F. The van der Waals surface area contributed by atoms with Crippen LogP contribution in [0.5, 0.6) is 0 Å². The molecule has 1 aromatic rings. The fourth-order valence-electron chi connectivity index (χ4n) is 4.02. The van der Waals surface area contributed by atoms with E-state index in [1.165, 1.54) is 18.9 Å². The van der Waals surface area contributed by atoms with E-state index in [1.54, 1.807) is 23.1 Å². The van der Waals surface area contributed by atoms with Crippen molar-refractivity contribution >= 4 is 11.6 Å². The van der Waals surface area contributed by atoms with Gasteiger partial charge in [-0.15, -0.1) is 0 Å². The first-order valence-corrected chi connectivity index (χ1v) is 7.96. The van der Waals surface area contributed by atoms with E-state index in [1.807, 2.05) is 0 Å². The molecule has 2 fully saturated rings. The second-order valence-electron chi connectivity index (χ2n) is 6.36. The molecule has 4 heteroatoms. The largest absolute Gasteiger partial charge is 0.330 e. The summed E-state index contributed by atoms with van der Waals surface area (Å²) < 4.78 is 14.1. The lowest BCUT2D eigenvalue weighted by Gasteiger charge is -2.29. The van der Waals surface area contributed by atoms with Crippen molar-refractivity contribution in [1.82, 2.24) is 0 Å².